The van der Waals surface area contributed by atoms with Crippen LogP contribution in [-0.2, 0) is 23.9 Å². The molecule has 1 aliphatic heterocycles. The number of carbonyl (C=O) groups excluding carboxylic acids is 1. The van der Waals surface area contributed by atoms with Gasteiger partial charge in [0.2, 0.25) is 0 Å². The number of fused-ring (bicyclic) bond motifs is 1. The summed E-state index contributed by atoms with van der Waals surface area (Å²) in [5, 5.41) is 8.72. The van der Waals surface area contributed by atoms with E-state index in [1.54, 1.807) is 36.4 Å². The molecule has 0 bridgehead atoms. The highest BCUT2D eigenvalue weighted by Gasteiger charge is 2.33. The lowest BCUT2D eigenvalue weighted by atomic mass is 10.1. The number of hydrogen-bond acceptors (Lipinski definition) is 4. The molecule has 1 amide bonds. The molecule has 0 aliphatic carbocycles. The zero-order chi connectivity index (χ0) is 25.0. The first-order valence-corrected chi connectivity index (χ1v) is 10.9. The van der Waals surface area contributed by atoms with Crippen molar-refractivity contribution in [3.05, 3.63) is 89.0 Å². The van der Waals surface area contributed by atoms with Crippen LogP contribution in [-0.4, -0.2) is 30.2 Å². The number of aliphatic carboxylic acids is 1. The maximum Gasteiger partial charge on any atom is 0.416 e. The molecule has 0 saturated heterocycles. The van der Waals surface area contributed by atoms with E-state index in [1.165, 1.54) is 17.0 Å². The van der Waals surface area contributed by atoms with Crippen molar-refractivity contribution in [1.82, 2.24) is 0 Å². The highest BCUT2D eigenvalue weighted by molar-refractivity contribution is 6.10. The molecular weight excluding hydrogens is 463 g/mol. The van der Waals surface area contributed by atoms with E-state index >= 15 is 0 Å². The molecule has 3 aromatic carbocycles. The summed E-state index contributed by atoms with van der Waals surface area (Å²) in [6.45, 7) is 0.178. The molecule has 9 heteroatoms. The van der Waals surface area contributed by atoms with Crippen LogP contribution in [0.15, 0.2) is 66.7 Å². The van der Waals surface area contributed by atoms with Gasteiger partial charge in [0.1, 0.15) is 11.5 Å². The summed E-state index contributed by atoms with van der Waals surface area (Å²) in [7, 11) is 0. The number of halogens is 3. The maximum absolute atomic E-state index is 12.9. The Morgan fingerprint density at radius 1 is 1.00 bits per heavy atom. The zero-order valence-corrected chi connectivity index (χ0v) is 18.5. The van der Waals surface area contributed by atoms with E-state index in [1.807, 2.05) is 6.07 Å². The van der Waals surface area contributed by atoms with Crippen LogP contribution in [0.4, 0.5) is 18.9 Å². The summed E-state index contributed by atoms with van der Waals surface area (Å²) in [6, 6.07) is 16.8. The summed E-state index contributed by atoms with van der Waals surface area (Å²) in [4.78, 5) is 25.0. The monoisotopic (exact) mass is 485 g/mol. The van der Waals surface area contributed by atoms with E-state index in [0.29, 0.717) is 47.8 Å². The lowest BCUT2D eigenvalue weighted by Crippen LogP contribution is -2.23. The van der Waals surface area contributed by atoms with Gasteiger partial charge in [-0.1, -0.05) is 18.2 Å². The van der Waals surface area contributed by atoms with Crippen molar-refractivity contribution in [2.75, 3.05) is 18.1 Å². The van der Waals surface area contributed by atoms with Crippen molar-refractivity contribution in [1.29, 1.82) is 0 Å². The fourth-order valence-electron chi connectivity index (χ4n) is 3.87. The number of carboxylic acid groups (broad SMARTS) is 1. The second-order valence-electron chi connectivity index (χ2n) is 8.00. The molecule has 0 saturated carbocycles. The first-order chi connectivity index (χ1) is 16.7. The molecule has 0 aromatic heterocycles. The molecule has 0 radical (unpaired) electrons. The quantitative estimate of drug-likeness (QED) is 0.414. The summed E-state index contributed by atoms with van der Waals surface area (Å²) in [6.07, 6.45) is -3.09. The molecule has 1 aliphatic rings. The number of hydrogen-bond donors (Lipinski definition) is 1. The van der Waals surface area contributed by atoms with Gasteiger partial charge in [-0.2, -0.15) is 13.2 Å². The maximum atomic E-state index is 12.9. The fraction of sp³-hybridized carbons (Fsp3) is 0.231. The third-order valence-electron chi connectivity index (χ3n) is 5.56. The largest absolute Gasteiger partial charge is 0.493 e. The van der Waals surface area contributed by atoms with E-state index in [4.69, 9.17) is 14.6 Å². The summed E-state index contributed by atoms with van der Waals surface area (Å²) < 4.78 is 49.7. The van der Waals surface area contributed by atoms with Crippen LogP contribution in [0.25, 0.3) is 0 Å². The van der Waals surface area contributed by atoms with Crippen molar-refractivity contribution < 1.29 is 37.3 Å². The Balaban J connectivity index is 1.37. The number of rotatable bonds is 9. The van der Waals surface area contributed by atoms with Crippen molar-refractivity contribution >= 4 is 17.6 Å². The average Bonchev–Trinajstić information content (AvgIpc) is 3.17. The van der Waals surface area contributed by atoms with Crippen molar-refractivity contribution in [3.63, 3.8) is 0 Å². The van der Waals surface area contributed by atoms with Crippen LogP contribution in [0, 0.1) is 0 Å². The van der Waals surface area contributed by atoms with Gasteiger partial charge >= 0.3 is 12.1 Å². The molecule has 0 atom stereocenters. The van der Waals surface area contributed by atoms with Gasteiger partial charge < -0.3 is 19.5 Å². The van der Waals surface area contributed by atoms with Crippen molar-refractivity contribution in [3.8, 4) is 11.5 Å². The van der Waals surface area contributed by atoms with Crippen LogP contribution in [0.3, 0.4) is 0 Å². The predicted molar refractivity (Wildman–Crippen MR) is 122 cm³/mol. The minimum atomic E-state index is -4.44. The van der Waals surface area contributed by atoms with E-state index < -0.39 is 24.3 Å². The summed E-state index contributed by atoms with van der Waals surface area (Å²) in [5.41, 5.74) is 1.74. The van der Waals surface area contributed by atoms with Crippen LogP contribution >= 0.6 is 0 Å². The van der Waals surface area contributed by atoms with Crippen molar-refractivity contribution in [2.24, 2.45) is 0 Å². The second-order valence-corrected chi connectivity index (χ2v) is 8.00. The van der Waals surface area contributed by atoms with Gasteiger partial charge in [0, 0.05) is 16.8 Å². The third kappa shape index (κ3) is 5.74. The van der Waals surface area contributed by atoms with Crippen LogP contribution in [0.1, 0.15) is 33.5 Å². The predicted octanol–water partition coefficient (Wildman–Crippen LogP) is 5.34. The fourth-order valence-corrected chi connectivity index (χ4v) is 3.87. The summed E-state index contributed by atoms with van der Waals surface area (Å²) >= 11 is 0. The average molecular weight is 485 g/mol. The van der Waals surface area contributed by atoms with Gasteiger partial charge in [-0.05, 0) is 66.9 Å². The number of ether oxygens (including phenoxy) is 2. The Bertz CT molecular complexity index is 1220. The van der Waals surface area contributed by atoms with E-state index in [2.05, 4.69) is 0 Å². The summed E-state index contributed by atoms with van der Waals surface area (Å²) in [5.74, 6) is -0.296. The number of aryl methyl sites for hydroxylation is 1. The van der Waals surface area contributed by atoms with Gasteiger partial charge in [0.25, 0.3) is 5.91 Å². The highest BCUT2D eigenvalue weighted by Crippen LogP contribution is 2.36. The highest BCUT2D eigenvalue weighted by atomic mass is 19.4. The number of alkyl halides is 3. The molecule has 35 heavy (non-hydrogen) atoms. The number of benzene rings is 3. The number of carbonyl (C=O) groups is 2. The van der Waals surface area contributed by atoms with E-state index in [0.717, 1.165) is 17.7 Å². The molecule has 1 heterocycles. The number of nitrogens with zero attached hydrogens (tertiary/aromatic N) is 1. The minimum absolute atomic E-state index is 0.207. The topological polar surface area (TPSA) is 76.1 Å². The lowest BCUT2D eigenvalue weighted by molar-refractivity contribution is -0.139. The Labute approximate surface area is 199 Å². The Morgan fingerprint density at radius 2 is 1.74 bits per heavy atom. The number of carboxylic acids is 1. The molecule has 3 aromatic rings. The molecule has 4 rings (SSSR count). The molecule has 182 valence electrons. The normalized spacial score (nSPS) is 13.0. The Morgan fingerprint density at radius 3 is 2.46 bits per heavy atom. The molecule has 6 nitrogen and oxygen atoms in total. The van der Waals surface area contributed by atoms with Gasteiger partial charge in [-0.25, -0.2) is 4.79 Å². The Kier molecular flexibility index (Phi) is 6.95. The van der Waals surface area contributed by atoms with Crippen LogP contribution < -0.4 is 14.4 Å². The first-order valence-electron chi connectivity index (χ1n) is 10.9. The SMILES string of the molecule is O=C(O)COc1cccc(CCCOc2cccc3c2CN(c2ccc(C(F)(F)F)cc2)C3=O)c1. The lowest BCUT2D eigenvalue weighted by Gasteiger charge is -2.17. The van der Waals surface area contributed by atoms with E-state index in [9.17, 15) is 22.8 Å². The van der Waals surface area contributed by atoms with Gasteiger partial charge in [0.15, 0.2) is 6.61 Å². The smallest absolute Gasteiger partial charge is 0.416 e. The molecule has 0 fully saturated rings. The standard InChI is InChI=1S/C26H22F3NO5/c27-26(28,29)18-9-11-19(12-10-18)30-15-22-21(25(30)33)7-2-8-23(22)34-13-3-5-17-4-1-6-20(14-17)35-16-24(31)32/h1-2,4,6-12,14H,3,5,13,15-16H2,(H,31,32). The molecule has 0 unspecified atom stereocenters. The van der Waals surface area contributed by atoms with Crippen molar-refractivity contribution in [2.45, 2.75) is 25.6 Å². The van der Waals surface area contributed by atoms with Crippen LogP contribution in [0.2, 0.25) is 0 Å². The number of anilines is 1. The molecular formula is C26H22F3NO5. The first kappa shape index (κ1) is 24.1. The van der Waals surface area contributed by atoms with Crippen LogP contribution in [0.5, 0.6) is 11.5 Å². The van der Waals surface area contributed by atoms with E-state index in [-0.39, 0.29) is 12.5 Å². The molecule has 0 spiro atoms. The number of amides is 1. The zero-order valence-electron chi connectivity index (χ0n) is 18.5. The third-order valence-corrected chi connectivity index (χ3v) is 5.56. The van der Waals surface area contributed by atoms with Gasteiger partial charge in [0.05, 0.1) is 18.7 Å². The second kappa shape index (κ2) is 10.1. The minimum Gasteiger partial charge on any atom is -0.493 e. The van der Waals surface area contributed by atoms with Gasteiger partial charge in [-0.3, -0.25) is 4.79 Å². The van der Waals surface area contributed by atoms with Gasteiger partial charge in [-0.15, -0.1) is 0 Å². The molecule has 1 N–H and O–H groups in total. The Hall–Kier alpha value is -4.01.